The number of rotatable bonds is 5. The fourth-order valence-corrected chi connectivity index (χ4v) is 1.51. The zero-order valence-corrected chi connectivity index (χ0v) is 8.85. The summed E-state index contributed by atoms with van der Waals surface area (Å²) in [5.41, 5.74) is 11.8. The lowest BCUT2D eigenvalue weighted by molar-refractivity contribution is -0.384. The fraction of sp³-hybridized carbons (Fsp3) is 0.400. The van der Waals surface area contributed by atoms with E-state index in [1.807, 2.05) is 0 Å². The Balaban J connectivity index is 2.99. The number of aliphatic hydroxyl groups excluding tert-OH is 1. The third-order valence-electron chi connectivity index (χ3n) is 2.37. The maximum Gasteiger partial charge on any atom is 0.297 e. The molecule has 1 aromatic carbocycles. The second-order valence-electron chi connectivity index (χ2n) is 3.51. The summed E-state index contributed by atoms with van der Waals surface area (Å²) in [5.74, 6) is 0. The van der Waals surface area contributed by atoms with Gasteiger partial charge in [0.2, 0.25) is 0 Å². The molecule has 0 spiro atoms. The van der Waals surface area contributed by atoms with Crippen molar-refractivity contribution in [3.05, 3.63) is 27.8 Å². The van der Waals surface area contributed by atoms with Crippen LogP contribution < -0.4 is 11.5 Å². The Morgan fingerprint density at radius 3 is 2.56 bits per heavy atom. The number of nitrogens with two attached hydrogens (primary N) is 2. The molecule has 16 heavy (non-hydrogen) atoms. The van der Waals surface area contributed by atoms with Crippen molar-refractivity contribution >= 4 is 17.1 Å². The van der Waals surface area contributed by atoms with Crippen molar-refractivity contribution in [3.63, 3.8) is 0 Å². The molecule has 0 aliphatic heterocycles. The molecule has 0 saturated heterocycles. The molecular formula is C10H15N3O3. The van der Waals surface area contributed by atoms with Crippen LogP contribution in [0.2, 0.25) is 0 Å². The lowest BCUT2D eigenvalue weighted by Gasteiger charge is -2.06. The van der Waals surface area contributed by atoms with Crippen molar-refractivity contribution in [2.45, 2.75) is 19.3 Å². The molecule has 0 bridgehead atoms. The summed E-state index contributed by atoms with van der Waals surface area (Å²) in [4.78, 5) is 10.3. The van der Waals surface area contributed by atoms with E-state index in [9.17, 15) is 10.1 Å². The Hall–Kier alpha value is -1.82. The van der Waals surface area contributed by atoms with Crippen molar-refractivity contribution in [2.75, 3.05) is 18.1 Å². The van der Waals surface area contributed by atoms with E-state index >= 15 is 0 Å². The summed E-state index contributed by atoms with van der Waals surface area (Å²) in [6.45, 7) is 0.0816. The minimum Gasteiger partial charge on any atom is -0.397 e. The number of nitro benzene ring substituents is 1. The quantitative estimate of drug-likeness (QED) is 0.300. The molecule has 0 atom stereocenters. The minimum absolute atomic E-state index is 0.0199. The third kappa shape index (κ3) is 2.60. The number of hydrogen-bond donors (Lipinski definition) is 3. The van der Waals surface area contributed by atoms with Crippen LogP contribution in [0.15, 0.2) is 12.1 Å². The highest BCUT2D eigenvalue weighted by Gasteiger charge is 2.19. The molecule has 1 rings (SSSR count). The van der Waals surface area contributed by atoms with E-state index in [-0.39, 0.29) is 23.7 Å². The van der Waals surface area contributed by atoms with Crippen LogP contribution in [0.3, 0.4) is 0 Å². The van der Waals surface area contributed by atoms with E-state index in [1.54, 1.807) is 12.1 Å². The Kier molecular flexibility index (Phi) is 4.07. The summed E-state index contributed by atoms with van der Waals surface area (Å²) < 4.78 is 0. The van der Waals surface area contributed by atoms with Gasteiger partial charge in [0.15, 0.2) is 0 Å². The highest BCUT2D eigenvalue weighted by Crippen LogP contribution is 2.32. The van der Waals surface area contributed by atoms with Crippen LogP contribution in [0, 0.1) is 10.1 Å². The van der Waals surface area contributed by atoms with Gasteiger partial charge in [-0.25, -0.2) is 0 Å². The lowest BCUT2D eigenvalue weighted by Crippen LogP contribution is -2.04. The summed E-state index contributed by atoms with van der Waals surface area (Å²) in [5, 5.41) is 19.5. The van der Waals surface area contributed by atoms with E-state index in [0.29, 0.717) is 24.8 Å². The van der Waals surface area contributed by atoms with Crippen LogP contribution in [0.1, 0.15) is 18.4 Å². The first-order valence-electron chi connectivity index (χ1n) is 5.00. The molecule has 0 heterocycles. The molecule has 1 aromatic rings. The minimum atomic E-state index is -0.514. The van der Waals surface area contributed by atoms with Gasteiger partial charge in [0.1, 0.15) is 5.69 Å². The van der Waals surface area contributed by atoms with Crippen LogP contribution in [0.25, 0.3) is 0 Å². The van der Waals surface area contributed by atoms with E-state index in [1.165, 1.54) is 0 Å². The average Bonchev–Trinajstić information content (AvgIpc) is 2.23. The lowest BCUT2D eigenvalue weighted by atomic mass is 10.0. The predicted octanol–water partition coefficient (Wildman–Crippen LogP) is 1.07. The van der Waals surface area contributed by atoms with Crippen molar-refractivity contribution in [3.8, 4) is 0 Å². The Morgan fingerprint density at radius 1 is 1.31 bits per heavy atom. The van der Waals surface area contributed by atoms with Crippen molar-refractivity contribution in [1.82, 2.24) is 0 Å². The van der Waals surface area contributed by atoms with E-state index in [2.05, 4.69) is 0 Å². The molecule has 0 fully saturated rings. The smallest absolute Gasteiger partial charge is 0.297 e. The normalized spacial score (nSPS) is 10.3. The highest BCUT2D eigenvalue weighted by molar-refractivity contribution is 5.76. The van der Waals surface area contributed by atoms with E-state index < -0.39 is 4.92 Å². The second kappa shape index (κ2) is 5.32. The van der Waals surface area contributed by atoms with E-state index in [4.69, 9.17) is 16.6 Å². The Bertz CT molecular complexity index is 393. The fourth-order valence-electron chi connectivity index (χ4n) is 1.51. The van der Waals surface area contributed by atoms with Gasteiger partial charge < -0.3 is 16.6 Å². The molecule has 0 unspecified atom stereocenters. The molecule has 6 nitrogen and oxygen atoms in total. The number of aryl methyl sites for hydroxylation is 1. The number of unbranched alkanes of at least 4 members (excludes halogenated alkanes) is 1. The summed E-state index contributed by atoms with van der Waals surface area (Å²) in [7, 11) is 0. The van der Waals surface area contributed by atoms with Gasteiger partial charge in [-0.15, -0.1) is 0 Å². The first-order chi connectivity index (χ1) is 7.57. The van der Waals surface area contributed by atoms with Gasteiger partial charge in [0, 0.05) is 12.2 Å². The van der Waals surface area contributed by atoms with Gasteiger partial charge in [-0.1, -0.05) is 0 Å². The molecule has 0 aliphatic rings. The van der Waals surface area contributed by atoms with Crippen LogP contribution >= 0.6 is 0 Å². The van der Waals surface area contributed by atoms with Gasteiger partial charge in [-0.3, -0.25) is 10.1 Å². The molecule has 0 saturated carbocycles. The predicted molar refractivity (Wildman–Crippen MR) is 61.9 cm³/mol. The molecule has 5 N–H and O–H groups in total. The second-order valence-corrected chi connectivity index (χ2v) is 3.51. The number of hydrogen-bond acceptors (Lipinski definition) is 5. The Labute approximate surface area is 93.0 Å². The summed E-state index contributed by atoms with van der Waals surface area (Å²) in [6.07, 6.45) is 1.81. The average molecular weight is 225 g/mol. The SMILES string of the molecule is Nc1ccc(CCCCO)c([N+](=O)[O-])c1N. The molecule has 0 aromatic heterocycles. The van der Waals surface area contributed by atoms with Gasteiger partial charge in [-0.05, 0) is 31.4 Å². The molecule has 0 amide bonds. The largest absolute Gasteiger partial charge is 0.397 e. The van der Waals surface area contributed by atoms with Gasteiger partial charge in [0.25, 0.3) is 5.69 Å². The number of nitrogen functional groups attached to an aromatic ring is 2. The first kappa shape index (κ1) is 12.3. The Morgan fingerprint density at radius 2 is 2.00 bits per heavy atom. The number of nitrogens with zero attached hydrogens (tertiary/aromatic N) is 1. The van der Waals surface area contributed by atoms with Crippen LogP contribution in [0.4, 0.5) is 17.1 Å². The zero-order chi connectivity index (χ0) is 12.1. The van der Waals surface area contributed by atoms with Gasteiger partial charge >= 0.3 is 0 Å². The molecular weight excluding hydrogens is 210 g/mol. The monoisotopic (exact) mass is 225 g/mol. The number of aliphatic hydroxyl groups is 1. The molecule has 6 heteroatoms. The van der Waals surface area contributed by atoms with Crippen molar-refractivity contribution in [1.29, 1.82) is 0 Å². The number of nitro groups is 1. The number of benzene rings is 1. The van der Waals surface area contributed by atoms with Crippen molar-refractivity contribution < 1.29 is 10.0 Å². The summed E-state index contributed by atoms with van der Waals surface area (Å²) in [6, 6.07) is 3.18. The molecule has 0 aliphatic carbocycles. The highest BCUT2D eigenvalue weighted by atomic mass is 16.6. The van der Waals surface area contributed by atoms with E-state index in [0.717, 1.165) is 0 Å². The van der Waals surface area contributed by atoms with Crippen LogP contribution in [-0.2, 0) is 6.42 Å². The zero-order valence-electron chi connectivity index (χ0n) is 8.85. The molecule has 0 radical (unpaired) electrons. The van der Waals surface area contributed by atoms with Gasteiger partial charge in [0.05, 0.1) is 10.6 Å². The maximum absolute atomic E-state index is 10.8. The maximum atomic E-state index is 10.8. The topological polar surface area (TPSA) is 115 Å². The third-order valence-corrected chi connectivity index (χ3v) is 2.37. The summed E-state index contributed by atoms with van der Waals surface area (Å²) >= 11 is 0. The van der Waals surface area contributed by atoms with Crippen LogP contribution in [0.5, 0.6) is 0 Å². The van der Waals surface area contributed by atoms with Crippen molar-refractivity contribution in [2.24, 2.45) is 0 Å². The number of anilines is 2. The van der Waals surface area contributed by atoms with Crippen LogP contribution in [-0.4, -0.2) is 16.6 Å². The first-order valence-corrected chi connectivity index (χ1v) is 5.00. The molecule has 88 valence electrons. The standard InChI is InChI=1S/C10H15N3O3/c11-8-5-4-7(3-1-2-6-14)10(9(8)12)13(15)16/h4-5,14H,1-3,6,11-12H2. The van der Waals surface area contributed by atoms with Gasteiger partial charge in [-0.2, -0.15) is 0 Å².